The minimum absolute atomic E-state index is 0.173. The summed E-state index contributed by atoms with van der Waals surface area (Å²) in [5, 5.41) is 5.33. The second-order valence-electron chi connectivity index (χ2n) is 8.62. The van der Waals surface area contributed by atoms with E-state index in [-0.39, 0.29) is 23.9 Å². The summed E-state index contributed by atoms with van der Waals surface area (Å²) in [5.41, 5.74) is 4.15. The molecule has 3 N–H and O–H groups in total. The van der Waals surface area contributed by atoms with E-state index in [0.717, 1.165) is 40.8 Å². The average molecular weight is 459 g/mol. The first-order valence-electron chi connectivity index (χ1n) is 10.6. The summed E-state index contributed by atoms with van der Waals surface area (Å²) in [6.07, 6.45) is 2.41. The van der Waals surface area contributed by atoms with Gasteiger partial charge in [-0.05, 0) is 61.5 Å². The topological polar surface area (TPSA) is 81.0 Å². The van der Waals surface area contributed by atoms with E-state index in [1.165, 1.54) is 0 Å². The van der Waals surface area contributed by atoms with Crippen molar-refractivity contribution in [3.8, 4) is 0 Å². The van der Waals surface area contributed by atoms with Crippen molar-refractivity contribution in [2.75, 3.05) is 19.6 Å². The van der Waals surface area contributed by atoms with Gasteiger partial charge < -0.3 is 20.2 Å². The maximum atomic E-state index is 13.5. The van der Waals surface area contributed by atoms with Crippen molar-refractivity contribution < 1.29 is 4.79 Å². The third-order valence-electron chi connectivity index (χ3n) is 6.87. The molecular formula is C23H24Cl2N4O2. The van der Waals surface area contributed by atoms with E-state index >= 15 is 0 Å². The Morgan fingerprint density at radius 3 is 2.74 bits per heavy atom. The van der Waals surface area contributed by atoms with E-state index in [1.54, 1.807) is 11.1 Å². The van der Waals surface area contributed by atoms with Crippen molar-refractivity contribution in [3.63, 3.8) is 0 Å². The largest absolute Gasteiger partial charge is 0.361 e. The number of hydrogen-bond donors (Lipinski definition) is 3. The zero-order chi connectivity index (χ0) is 21.9. The van der Waals surface area contributed by atoms with Crippen molar-refractivity contribution in [1.29, 1.82) is 0 Å². The van der Waals surface area contributed by atoms with E-state index < -0.39 is 0 Å². The minimum Gasteiger partial charge on any atom is -0.361 e. The molecule has 1 amide bonds. The van der Waals surface area contributed by atoms with Crippen molar-refractivity contribution in [1.82, 2.24) is 20.2 Å². The van der Waals surface area contributed by atoms with Crippen molar-refractivity contribution in [2.45, 2.75) is 32.7 Å². The number of H-pyrrole nitrogens is 2. The van der Waals surface area contributed by atoms with Crippen LogP contribution >= 0.6 is 23.2 Å². The van der Waals surface area contributed by atoms with Gasteiger partial charge >= 0.3 is 0 Å². The van der Waals surface area contributed by atoms with Gasteiger partial charge in [-0.1, -0.05) is 30.1 Å². The van der Waals surface area contributed by atoms with Crippen LogP contribution in [0.5, 0.6) is 0 Å². The monoisotopic (exact) mass is 458 g/mol. The smallest absolute Gasteiger partial charge is 0.256 e. The Morgan fingerprint density at radius 2 is 2.03 bits per heavy atom. The van der Waals surface area contributed by atoms with Crippen molar-refractivity contribution in [2.24, 2.45) is 5.92 Å². The highest BCUT2D eigenvalue weighted by molar-refractivity contribution is 6.37. The number of pyridine rings is 1. The number of aromatic amines is 2. The molecule has 2 aliphatic rings. The Balaban J connectivity index is 1.53. The summed E-state index contributed by atoms with van der Waals surface area (Å²) >= 11 is 13.4. The molecule has 1 aromatic carbocycles. The van der Waals surface area contributed by atoms with E-state index in [9.17, 15) is 9.59 Å². The van der Waals surface area contributed by atoms with Crippen LogP contribution in [0.4, 0.5) is 0 Å². The highest BCUT2D eigenvalue weighted by atomic mass is 35.5. The fourth-order valence-electron chi connectivity index (χ4n) is 4.76. The van der Waals surface area contributed by atoms with Crippen LogP contribution in [-0.4, -0.2) is 40.4 Å². The van der Waals surface area contributed by atoms with Gasteiger partial charge in [-0.25, -0.2) is 0 Å². The molecule has 31 heavy (non-hydrogen) atoms. The Bertz CT molecular complexity index is 1260. The van der Waals surface area contributed by atoms with Gasteiger partial charge in [0.25, 0.3) is 11.5 Å². The van der Waals surface area contributed by atoms with Gasteiger partial charge in [0, 0.05) is 28.8 Å². The Morgan fingerprint density at radius 1 is 1.26 bits per heavy atom. The van der Waals surface area contributed by atoms with Crippen LogP contribution in [0.15, 0.2) is 23.1 Å². The lowest BCUT2D eigenvalue weighted by Gasteiger charge is -2.35. The van der Waals surface area contributed by atoms with Gasteiger partial charge in [0.1, 0.15) is 0 Å². The number of carbonyl (C=O) groups excluding carboxylic acids is 1. The number of aromatic nitrogens is 2. The molecule has 5 rings (SSSR count). The highest BCUT2D eigenvalue weighted by Crippen LogP contribution is 2.40. The molecule has 8 heteroatoms. The number of amides is 1. The number of fused-ring (bicyclic) bond motifs is 2. The number of rotatable bonds is 4. The molecule has 162 valence electrons. The average Bonchev–Trinajstić information content (AvgIpc) is 3.17. The number of carbonyl (C=O) groups is 1. The number of halogens is 2. The first kappa shape index (κ1) is 20.6. The van der Waals surface area contributed by atoms with Crippen molar-refractivity contribution in [3.05, 3.63) is 66.7 Å². The third kappa shape index (κ3) is 3.28. The van der Waals surface area contributed by atoms with Gasteiger partial charge in [0.2, 0.25) is 0 Å². The number of aryl methyl sites for hydroxylation is 1. The molecule has 2 aliphatic heterocycles. The number of hydrogen-bond acceptors (Lipinski definition) is 3. The molecule has 0 aliphatic carbocycles. The molecule has 0 radical (unpaired) electrons. The normalized spacial score (nSPS) is 17.7. The lowest BCUT2D eigenvalue weighted by atomic mass is 9.82. The van der Waals surface area contributed by atoms with Gasteiger partial charge in [-0.3, -0.25) is 9.59 Å². The third-order valence-corrected chi connectivity index (χ3v) is 7.61. The quantitative estimate of drug-likeness (QED) is 0.552. The first-order valence-corrected chi connectivity index (χ1v) is 11.3. The van der Waals surface area contributed by atoms with Gasteiger partial charge in [0.05, 0.1) is 28.2 Å². The summed E-state index contributed by atoms with van der Waals surface area (Å²) in [5.74, 6) is 0.514. The molecular weight excluding hydrogens is 435 g/mol. The molecule has 4 heterocycles. The van der Waals surface area contributed by atoms with Crippen LogP contribution in [0.25, 0.3) is 10.9 Å². The predicted octanol–water partition coefficient (Wildman–Crippen LogP) is 3.99. The van der Waals surface area contributed by atoms with E-state index in [1.807, 2.05) is 19.1 Å². The lowest BCUT2D eigenvalue weighted by molar-refractivity contribution is 0.0727. The molecule has 0 spiro atoms. The van der Waals surface area contributed by atoms with Crippen LogP contribution in [0.3, 0.4) is 0 Å². The molecule has 0 bridgehead atoms. The molecule has 1 atom stereocenters. The summed E-state index contributed by atoms with van der Waals surface area (Å²) in [6, 6.07) is 3.86. The van der Waals surface area contributed by atoms with Crippen LogP contribution in [0.1, 0.15) is 45.6 Å². The molecule has 2 aromatic heterocycles. The van der Waals surface area contributed by atoms with Gasteiger partial charge in [-0.2, -0.15) is 0 Å². The second-order valence-corrected chi connectivity index (χ2v) is 9.41. The summed E-state index contributed by atoms with van der Waals surface area (Å²) in [7, 11) is 0. The Labute approximate surface area is 189 Å². The minimum atomic E-state index is -0.185. The maximum absolute atomic E-state index is 13.5. The fourth-order valence-corrected chi connectivity index (χ4v) is 5.49. The van der Waals surface area contributed by atoms with Crippen LogP contribution < -0.4 is 10.9 Å². The van der Waals surface area contributed by atoms with E-state index in [4.69, 9.17) is 23.2 Å². The summed E-state index contributed by atoms with van der Waals surface area (Å²) in [6.45, 7) is 6.58. The molecule has 1 unspecified atom stereocenters. The Kier molecular flexibility index (Phi) is 5.12. The van der Waals surface area contributed by atoms with Gasteiger partial charge in [0.15, 0.2) is 0 Å². The number of nitrogens with zero attached hydrogens (tertiary/aromatic N) is 1. The lowest BCUT2D eigenvalue weighted by Crippen LogP contribution is -2.45. The number of benzene rings is 1. The summed E-state index contributed by atoms with van der Waals surface area (Å²) in [4.78, 5) is 34.0. The first-order chi connectivity index (χ1) is 14.9. The van der Waals surface area contributed by atoms with E-state index in [0.29, 0.717) is 40.1 Å². The second kappa shape index (κ2) is 7.69. The molecule has 0 saturated carbocycles. The molecule has 1 fully saturated rings. The summed E-state index contributed by atoms with van der Waals surface area (Å²) < 4.78 is 0. The molecule has 1 saturated heterocycles. The Hall–Kier alpha value is -2.28. The molecule has 6 nitrogen and oxygen atoms in total. The predicted molar refractivity (Wildman–Crippen MR) is 123 cm³/mol. The van der Waals surface area contributed by atoms with Crippen LogP contribution in [-0.2, 0) is 13.0 Å². The fraction of sp³-hybridized carbons (Fsp3) is 0.391. The van der Waals surface area contributed by atoms with Crippen molar-refractivity contribution >= 4 is 40.0 Å². The zero-order valence-corrected chi connectivity index (χ0v) is 19.0. The van der Waals surface area contributed by atoms with Crippen LogP contribution in [0, 0.1) is 12.8 Å². The van der Waals surface area contributed by atoms with E-state index in [2.05, 4.69) is 22.2 Å². The molecule has 3 aromatic rings. The maximum Gasteiger partial charge on any atom is 0.256 e. The SMILES string of the molecule is Cc1[nH]c(=O)c(CN2CCc3c(Cl)cc(C(C)C4CNC4)c(Cl)c3C2=O)c2[nH]ccc12. The van der Waals surface area contributed by atoms with Gasteiger partial charge in [-0.15, -0.1) is 0 Å². The van der Waals surface area contributed by atoms with Crippen LogP contribution in [0.2, 0.25) is 10.0 Å². The number of nitrogens with one attached hydrogen (secondary N) is 3. The zero-order valence-electron chi connectivity index (χ0n) is 17.4. The highest BCUT2D eigenvalue weighted by Gasteiger charge is 2.34. The standard InChI is InChI=1S/C23H24Cl2N4O2/c1-11(13-8-26-9-13)16-7-18(24)15-4-6-29(23(31)19(15)20(16)25)10-17-21-14(3-5-27-21)12(2)28-22(17)30/h3,5,7,11,13,26-27H,4,6,8-10H2,1-2H3,(H,28,30).